The molecule has 0 aromatic heterocycles. The van der Waals surface area contributed by atoms with Crippen molar-refractivity contribution in [1.29, 1.82) is 0 Å². The van der Waals surface area contributed by atoms with Crippen LogP contribution in [0.25, 0.3) is 0 Å². The third-order valence-corrected chi connectivity index (χ3v) is 3.68. The van der Waals surface area contributed by atoms with E-state index >= 15 is 0 Å². The molecule has 3 heteroatoms. The Morgan fingerprint density at radius 1 is 1.33 bits per heavy atom. The van der Waals surface area contributed by atoms with Crippen LogP contribution in [-0.4, -0.2) is 24.3 Å². The van der Waals surface area contributed by atoms with Crippen molar-refractivity contribution in [3.63, 3.8) is 0 Å². The van der Waals surface area contributed by atoms with Gasteiger partial charge < -0.3 is 9.84 Å². The zero-order valence-electron chi connectivity index (χ0n) is 10.8. The minimum absolute atomic E-state index is 0.0663. The van der Waals surface area contributed by atoms with Gasteiger partial charge in [0.15, 0.2) is 0 Å². The molecule has 1 saturated heterocycles. The Kier molecular flexibility index (Phi) is 4.02. The molecular weight excluding hydrogens is 228 g/mol. The van der Waals surface area contributed by atoms with Crippen LogP contribution in [-0.2, 0) is 21.4 Å². The number of ether oxygens (including phenoxy) is 1. The van der Waals surface area contributed by atoms with Crippen molar-refractivity contribution < 1.29 is 14.6 Å². The minimum Gasteiger partial charge on any atom is -0.481 e. The predicted molar refractivity (Wildman–Crippen MR) is 69.8 cm³/mol. The number of aliphatic carboxylic acids is 1. The maximum atomic E-state index is 10.7. The van der Waals surface area contributed by atoms with Crippen LogP contribution in [0.2, 0.25) is 0 Å². The zero-order valence-corrected chi connectivity index (χ0v) is 10.8. The molecule has 1 fully saturated rings. The molecule has 1 aromatic carbocycles. The van der Waals surface area contributed by atoms with E-state index in [0.717, 1.165) is 12.8 Å². The molecule has 0 aliphatic carbocycles. The van der Waals surface area contributed by atoms with E-state index in [-0.39, 0.29) is 11.8 Å². The van der Waals surface area contributed by atoms with Crippen molar-refractivity contribution in [3.05, 3.63) is 35.4 Å². The van der Waals surface area contributed by atoms with Crippen LogP contribution in [0.15, 0.2) is 24.3 Å². The van der Waals surface area contributed by atoms with Gasteiger partial charge in [-0.15, -0.1) is 0 Å². The van der Waals surface area contributed by atoms with E-state index in [1.54, 1.807) is 0 Å². The van der Waals surface area contributed by atoms with E-state index < -0.39 is 5.97 Å². The van der Waals surface area contributed by atoms with Crippen LogP contribution in [0.3, 0.4) is 0 Å². The lowest BCUT2D eigenvalue weighted by Crippen LogP contribution is -2.47. The molecule has 98 valence electrons. The summed E-state index contributed by atoms with van der Waals surface area (Å²) in [4.78, 5) is 10.7. The van der Waals surface area contributed by atoms with Crippen molar-refractivity contribution in [2.45, 2.75) is 38.0 Å². The highest BCUT2D eigenvalue weighted by molar-refractivity contribution is 5.67. The monoisotopic (exact) mass is 248 g/mol. The number of rotatable bonds is 6. The van der Waals surface area contributed by atoms with Crippen molar-refractivity contribution >= 4 is 5.97 Å². The molecule has 0 spiro atoms. The second kappa shape index (κ2) is 5.53. The molecular formula is C15H20O3. The fourth-order valence-corrected chi connectivity index (χ4v) is 2.46. The summed E-state index contributed by atoms with van der Waals surface area (Å²) in [5, 5.41) is 8.82. The second-order valence-corrected chi connectivity index (χ2v) is 5.11. The molecule has 0 atom stereocenters. The summed E-state index contributed by atoms with van der Waals surface area (Å²) in [6, 6.07) is 8.57. The molecule has 0 amide bonds. The molecule has 0 radical (unpaired) electrons. The van der Waals surface area contributed by atoms with Crippen LogP contribution in [0, 0.1) is 0 Å². The molecule has 1 N–H and O–H groups in total. The van der Waals surface area contributed by atoms with Crippen molar-refractivity contribution in [2.24, 2.45) is 0 Å². The quantitative estimate of drug-likeness (QED) is 0.842. The van der Waals surface area contributed by atoms with Crippen molar-refractivity contribution in [1.82, 2.24) is 0 Å². The Bertz CT molecular complexity index is 404. The maximum Gasteiger partial charge on any atom is 0.303 e. The predicted octanol–water partition coefficient (Wildman–Crippen LogP) is 2.77. The van der Waals surface area contributed by atoms with Gasteiger partial charge in [0.05, 0.1) is 13.2 Å². The highest BCUT2D eigenvalue weighted by Crippen LogP contribution is 2.37. The van der Waals surface area contributed by atoms with Crippen molar-refractivity contribution in [3.8, 4) is 0 Å². The summed E-state index contributed by atoms with van der Waals surface area (Å²) in [5.41, 5.74) is 2.49. The maximum absolute atomic E-state index is 10.7. The summed E-state index contributed by atoms with van der Waals surface area (Å²) < 4.78 is 5.31. The molecule has 2 rings (SSSR count). The largest absolute Gasteiger partial charge is 0.481 e. The second-order valence-electron chi connectivity index (χ2n) is 5.11. The van der Waals surface area contributed by atoms with E-state index in [0.29, 0.717) is 19.6 Å². The molecule has 0 unspecified atom stereocenters. The number of benzene rings is 1. The normalized spacial score (nSPS) is 17.2. The summed E-state index contributed by atoms with van der Waals surface area (Å²) >= 11 is 0. The molecule has 1 aliphatic rings. The standard InChI is InChI=1S/C15H20O3/c1-2-3-12-4-6-13(7-5-12)15(10-18-11-15)9-8-14(16)17/h4-7H,2-3,8-11H2,1H3,(H,16,17). The fraction of sp³-hybridized carbons (Fsp3) is 0.533. The van der Waals surface area contributed by atoms with Gasteiger partial charge in [-0.2, -0.15) is 0 Å². The number of carboxylic acid groups (broad SMARTS) is 1. The smallest absolute Gasteiger partial charge is 0.303 e. The third kappa shape index (κ3) is 2.72. The Labute approximate surface area is 108 Å². The van der Waals surface area contributed by atoms with Crippen LogP contribution in [0.5, 0.6) is 0 Å². The van der Waals surface area contributed by atoms with E-state index in [4.69, 9.17) is 9.84 Å². The van der Waals surface area contributed by atoms with Gasteiger partial charge in [0.1, 0.15) is 0 Å². The number of carboxylic acids is 1. The lowest BCUT2D eigenvalue weighted by Gasteiger charge is -2.42. The topological polar surface area (TPSA) is 46.5 Å². The average molecular weight is 248 g/mol. The molecule has 1 aromatic rings. The minimum atomic E-state index is -0.733. The first-order valence-corrected chi connectivity index (χ1v) is 6.55. The van der Waals surface area contributed by atoms with Gasteiger partial charge >= 0.3 is 5.97 Å². The Balaban J connectivity index is 2.09. The van der Waals surface area contributed by atoms with Crippen LogP contribution in [0.4, 0.5) is 0 Å². The van der Waals surface area contributed by atoms with Crippen LogP contribution >= 0.6 is 0 Å². The van der Waals surface area contributed by atoms with Gasteiger partial charge in [0.25, 0.3) is 0 Å². The highest BCUT2D eigenvalue weighted by Gasteiger charge is 2.40. The zero-order chi connectivity index (χ0) is 13.0. The lowest BCUT2D eigenvalue weighted by molar-refractivity contribution is -0.139. The SMILES string of the molecule is CCCc1ccc(C2(CCC(=O)O)COC2)cc1. The summed E-state index contributed by atoms with van der Waals surface area (Å²) in [7, 11) is 0. The van der Waals surface area contributed by atoms with Crippen LogP contribution < -0.4 is 0 Å². The van der Waals surface area contributed by atoms with Gasteiger partial charge in [-0.3, -0.25) is 4.79 Å². The van der Waals surface area contributed by atoms with Gasteiger partial charge in [-0.25, -0.2) is 0 Å². The number of hydrogen-bond acceptors (Lipinski definition) is 2. The first-order chi connectivity index (χ1) is 8.66. The molecule has 0 saturated carbocycles. The summed E-state index contributed by atoms with van der Waals surface area (Å²) in [6.45, 7) is 3.46. The molecule has 1 heterocycles. The lowest BCUT2D eigenvalue weighted by atomic mass is 9.75. The highest BCUT2D eigenvalue weighted by atomic mass is 16.5. The van der Waals surface area contributed by atoms with E-state index in [9.17, 15) is 4.79 Å². The molecule has 0 bridgehead atoms. The Hall–Kier alpha value is -1.35. The summed E-state index contributed by atoms with van der Waals surface area (Å²) in [6.07, 6.45) is 3.11. The average Bonchev–Trinajstić information content (AvgIpc) is 2.30. The van der Waals surface area contributed by atoms with E-state index in [1.165, 1.54) is 11.1 Å². The van der Waals surface area contributed by atoms with Gasteiger partial charge in [0.2, 0.25) is 0 Å². The fourth-order valence-electron chi connectivity index (χ4n) is 2.46. The molecule has 18 heavy (non-hydrogen) atoms. The molecule has 3 nitrogen and oxygen atoms in total. The van der Waals surface area contributed by atoms with E-state index in [1.807, 2.05) is 0 Å². The Morgan fingerprint density at radius 3 is 2.44 bits per heavy atom. The van der Waals surface area contributed by atoms with Gasteiger partial charge in [0, 0.05) is 11.8 Å². The summed E-state index contributed by atoms with van der Waals surface area (Å²) in [5.74, 6) is -0.733. The number of aryl methyl sites for hydroxylation is 1. The third-order valence-electron chi connectivity index (χ3n) is 3.68. The number of carbonyl (C=O) groups is 1. The first-order valence-electron chi connectivity index (χ1n) is 6.55. The van der Waals surface area contributed by atoms with Gasteiger partial charge in [-0.05, 0) is 24.0 Å². The van der Waals surface area contributed by atoms with Crippen LogP contribution in [0.1, 0.15) is 37.3 Å². The van der Waals surface area contributed by atoms with Gasteiger partial charge in [-0.1, -0.05) is 37.6 Å². The first kappa shape index (κ1) is 13.1. The van der Waals surface area contributed by atoms with Crippen molar-refractivity contribution in [2.75, 3.05) is 13.2 Å². The van der Waals surface area contributed by atoms with E-state index in [2.05, 4.69) is 31.2 Å². The Morgan fingerprint density at radius 2 is 2.00 bits per heavy atom. The number of hydrogen-bond donors (Lipinski definition) is 1. The molecule has 1 aliphatic heterocycles.